The van der Waals surface area contributed by atoms with Gasteiger partial charge in [0.1, 0.15) is 17.6 Å². The predicted molar refractivity (Wildman–Crippen MR) is 88.0 cm³/mol. The molecule has 0 bridgehead atoms. The van der Waals surface area contributed by atoms with Crippen LogP contribution in [0.5, 0.6) is 5.75 Å². The largest absolute Gasteiger partial charge is 0.485 e. The first-order valence-electron chi connectivity index (χ1n) is 7.78. The summed E-state index contributed by atoms with van der Waals surface area (Å²) >= 11 is 0. The molecule has 0 spiro atoms. The number of aromatic nitrogens is 2. The summed E-state index contributed by atoms with van der Waals surface area (Å²) in [7, 11) is 0. The summed E-state index contributed by atoms with van der Waals surface area (Å²) in [6.07, 6.45) is 2.50. The second-order valence-corrected chi connectivity index (χ2v) is 5.67. The predicted octanol–water partition coefficient (Wildman–Crippen LogP) is 2.65. The standard InChI is InChI=1S/C16H18FN3O4.ClH/c17-11-4-6-12(7-5-11)23-10-14-18-15(24-19-14)9-20-8-2-1-3-13(20)16(21)22;/h4-7,13H,1-3,8-10H2,(H,21,22);1H. The van der Waals surface area contributed by atoms with E-state index in [4.69, 9.17) is 9.26 Å². The molecule has 1 aromatic carbocycles. The minimum absolute atomic E-state index is 0. The van der Waals surface area contributed by atoms with Crippen molar-refractivity contribution in [2.45, 2.75) is 38.5 Å². The molecule has 3 rings (SSSR count). The molecule has 9 heteroatoms. The molecule has 1 N–H and O–H groups in total. The molecule has 1 fully saturated rings. The molecule has 1 unspecified atom stereocenters. The highest BCUT2D eigenvalue weighted by molar-refractivity contribution is 5.85. The summed E-state index contributed by atoms with van der Waals surface area (Å²) in [6.45, 7) is 1.10. The molecule has 1 saturated heterocycles. The summed E-state index contributed by atoms with van der Waals surface area (Å²) in [5.74, 6) is 0.0663. The topological polar surface area (TPSA) is 88.7 Å². The van der Waals surface area contributed by atoms with E-state index in [0.717, 1.165) is 12.8 Å². The van der Waals surface area contributed by atoms with Crippen LogP contribution in [0.25, 0.3) is 0 Å². The number of carboxylic acids is 1. The normalized spacial score (nSPS) is 17.7. The Hall–Kier alpha value is -2.19. The maximum Gasteiger partial charge on any atom is 0.320 e. The number of carbonyl (C=O) groups is 1. The van der Waals surface area contributed by atoms with Crippen molar-refractivity contribution in [1.82, 2.24) is 15.0 Å². The van der Waals surface area contributed by atoms with Crippen LogP contribution in [0.4, 0.5) is 4.39 Å². The van der Waals surface area contributed by atoms with Crippen LogP contribution in [0.15, 0.2) is 28.8 Å². The average molecular weight is 372 g/mol. The molecule has 1 aliphatic heterocycles. The molecule has 7 nitrogen and oxygen atoms in total. The van der Waals surface area contributed by atoms with Gasteiger partial charge in [-0.15, -0.1) is 12.4 Å². The quantitative estimate of drug-likeness (QED) is 0.834. The lowest BCUT2D eigenvalue weighted by Crippen LogP contribution is -2.44. The highest BCUT2D eigenvalue weighted by Crippen LogP contribution is 2.19. The molecule has 0 amide bonds. The van der Waals surface area contributed by atoms with E-state index in [1.54, 1.807) is 0 Å². The second kappa shape index (κ2) is 8.77. The molecule has 2 heterocycles. The van der Waals surface area contributed by atoms with Crippen molar-refractivity contribution >= 4 is 18.4 Å². The molecular weight excluding hydrogens is 353 g/mol. The summed E-state index contributed by atoms with van der Waals surface area (Å²) in [6, 6.07) is 5.13. The van der Waals surface area contributed by atoms with Crippen LogP contribution in [-0.4, -0.2) is 38.7 Å². The zero-order chi connectivity index (χ0) is 16.9. The number of hydrogen-bond acceptors (Lipinski definition) is 6. The maximum absolute atomic E-state index is 12.8. The Morgan fingerprint density at radius 1 is 1.36 bits per heavy atom. The number of likely N-dealkylation sites (tertiary alicyclic amines) is 1. The van der Waals surface area contributed by atoms with Crippen LogP contribution < -0.4 is 4.74 Å². The molecule has 136 valence electrons. The number of nitrogens with zero attached hydrogens (tertiary/aromatic N) is 3. The molecular formula is C16H19ClFN3O4. The number of halogens is 2. The first kappa shape index (κ1) is 19.1. The minimum atomic E-state index is -0.825. The molecule has 0 saturated carbocycles. The highest BCUT2D eigenvalue weighted by Gasteiger charge is 2.29. The van der Waals surface area contributed by atoms with Gasteiger partial charge in [-0.2, -0.15) is 4.98 Å². The van der Waals surface area contributed by atoms with Crippen molar-refractivity contribution in [3.05, 3.63) is 41.8 Å². The molecule has 1 aromatic heterocycles. The van der Waals surface area contributed by atoms with Crippen molar-refractivity contribution in [1.29, 1.82) is 0 Å². The first-order valence-corrected chi connectivity index (χ1v) is 7.78. The van der Waals surface area contributed by atoms with Crippen LogP contribution >= 0.6 is 12.4 Å². The summed E-state index contributed by atoms with van der Waals surface area (Å²) < 4.78 is 23.4. The van der Waals surface area contributed by atoms with E-state index in [1.165, 1.54) is 24.3 Å². The lowest BCUT2D eigenvalue weighted by atomic mass is 10.0. The number of piperidine rings is 1. The smallest absolute Gasteiger partial charge is 0.320 e. The van der Waals surface area contributed by atoms with Gasteiger partial charge in [0.2, 0.25) is 11.7 Å². The molecule has 0 radical (unpaired) electrons. The number of ether oxygens (including phenoxy) is 1. The fraction of sp³-hybridized carbons (Fsp3) is 0.438. The van der Waals surface area contributed by atoms with E-state index in [1.807, 2.05) is 4.90 Å². The van der Waals surface area contributed by atoms with E-state index in [2.05, 4.69) is 10.1 Å². The van der Waals surface area contributed by atoms with Crippen LogP contribution in [0, 0.1) is 5.82 Å². The minimum Gasteiger partial charge on any atom is -0.485 e. The van der Waals surface area contributed by atoms with Gasteiger partial charge in [0.15, 0.2) is 6.61 Å². The fourth-order valence-electron chi connectivity index (χ4n) is 2.73. The van der Waals surface area contributed by atoms with Crippen molar-refractivity contribution in [3.8, 4) is 5.75 Å². The average Bonchev–Trinajstić information content (AvgIpc) is 3.02. The van der Waals surface area contributed by atoms with Gasteiger partial charge in [0.25, 0.3) is 0 Å². The third-order valence-electron chi connectivity index (χ3n) is 3.93. The van der Waals surface area contributed by atoms with E-state index in [9.17, 15) is 14.3 Å². The lowest BCUT2D eigenvalue weighted by Gasteiger charge is -2.31. The van der Waals surface area contributed by atoms with E-state index < -0.39 is 12.0 Å². The molecule has 1 aliphatic rings. The Morgan fingerprint density at radius 2 is 2.12 bits per heavy atom. The van der Waals surface area contributed by atoms with Crippen molar-refractivity contribution < 1.29 is 23.6 Å². The Balaban J connectivity index is 0.00000225. The van der Waals surface area contributed by atoms with E-state index in [-0.39, 0.29) is 24.8 Å². The zero-order valence-corrected chi connectivity index (χ0v) is 14.2. The third kappa shape index (κ3) is 5.14. The van der Waals surface area contributed by atoms with Crippen LogP contribution in [-0.2, 0) is 17.9 Å². The van der Waals surface area contributed by atoms with Crippen molar-refractivity contribution in [2.75, 3.05) is 6.54 Å². The SMILES string of the molecule is Cl.O=C(O)C1CCCCN1Cc1nc(COc2ccc(F)cc2)no1. The van der Waals surface area contributed by atoms with Crippen molar-refractivity contribution in [2.24, 2.45) is 0 Å². The van der Waals surface area contributed by atoms with Gasteiger partial charge in [0, 0.05) is 0 Å². The van der Waals surface area contributed by atoms with Gasteiger partial charge in [-0.1, -0.05) is 11.6 Å². The number of rotatable bonds is 6. The highest BCUT2D eigenvalue weighted by atomic mass is 35.5. The summed E-state index contributed by atoms with van der Waals surface area (Å²) in [4.78, 5) is 17.3. The Morgan fingerprint density at radius 3 is 2.84 bits per heavy atom. The van der Waals surface area contributed by atoms with Crippen LogP contribution in [0.2, 0.25) is 0 Å². The molecule has 25 heavy (non-hydrogen) atoms. The summed E-state index contributed by atoms with van der Waals surface area (Å²) in [5.41, 5.74) is 0. The van der Waals surface area contributed by atoms with Gasteiger partial charge in [-0.3, -0.25) is 9.69 Å². The van der Waals surface area contributed by atoms with Crippen molar-refractivity contribution in [3.63, 3.8) is 0 Å². The molecule has 2 aromatic rings. The van der Waals surface area contributed by atoms with Gasteiger partial charge in [-0.05, 0) is 43.7 Å². The second-order valence-electron chi connectivity index (χ2n) is 5.67. The third-order valence-corrected chi connectivity index (χ3v) is 3.93. The monoisotopic (exact) mass is 371 g/mol. The van der Waals surface area contributed by atoms with Crippen LogP contribution in [0.3, 0.4) is 0 Å². The van der Waals surface area contributed by atoms with E-state index in [0.29, 0.717) is 37.0 Å². The van der Waals surface area contributed by atoms with Crippen LogP contribution in [0.1, 0.15) is 31.0 Å². The Labute approximate surface area is 150 Å². The van der Waals surface area contributed by atoms with Gasteiger partial charge in [0.05, 0.1) is 6.54 Å². The number of aliphatic carboxylic acids is 1. The Bertz CT molecular complexity index is 695. The molecule has 1 atom stereocenters. The number of benzene rings is 1. The summed E-state index contributed by atoms with van der Waals surface area (Å²) in [5, 5.41) is 13.1. The zero-order valence-electron chi connectivity index (χ0n) is 13.4. The fourth-order valence-corrected chi connectivity index (χ4v) is 2.73. The van der Waals surface area contributed by atoms with Gasteiger partial charge < -0.3 is 14.4 Å². The lowest BCUT2D eigenvalue weighted by molar-refractivity contribution is -0.145. The number of hydrogen-bond donors (Lipinski definition) is 1. The van der Waals surface area contributed by atoms with Gasteiger partial charge in [-0.25, -0.2) is 4.39 Å². The molecule has 0 aliphatic carbocycles. The van der Waals surface area contributed by atoms with E-state index >= 15 is 0 Å². The first-order chi connectivity index (χ1) is 11.6. The number of carboxylic acid groups (broad SMARTS) is 1. The maximum atomic E-state index is 12.8. The Kier molecular flexibility index (Phi) is 6.72. The van der Waals surface area contributed by atoms with Gasteiger partial charge >= 0.3 is 5.97 Å².